The van der Waals surface area contributed by atoms with Gasteiger partial charge < -0.3 is 10.1 Å². The second-order valence-corrected chi connectivity index (χ2v) is 5.06. The molecule has 0 spiro atoms. The Balaban J connectivity index is 2.03. The number of ether oxygens (including phenoxy) is 1. The molecule has 0 aliphatic carbocycles. The van der Waals surface area contributed by atoms with Crippen LogP contribution in [-0.4, -0.2) is 44.3 Å². The number of hydrogen-bond donors (Lipinski definition) is 1. The Labute approximate surface area is 101 Å². The molecule has 2 rings (SSSR count). The van der Waals surface area contributed by atoms with E-state index in [4.69, 9.17) is 4.74 Å². The van der Waals surface area contributed by atoms with Gasteiger partial charge in [-0.25, -0.2) is 0 Å². The van der Waals surface area contributed by atoms with Gasteiger partial charge in [-0.05, 0) is 25.0 Å². The Bertz CT molecular complexity index is 302. The molecule has 1 N–H and O–H groups in total. The monoisotopic (exact) mass is 240 g/mol. The largest absolute Gasteiger partial charge is 0.374 e. The highest BCUT2D eigenvalue weighted by atomic mass is 32.1. The minimum absolute atomic E-state index is 0.275. The number of rotatable bonds is 4. The summed E-state index contributed by atoms with van der Waals surface area (Å²) in [6.45, 7) is 6.26. The van der Waals surface area contributed by atoms with Gasteiger partial charge in [-0.2, -0.15) is 0 Å². The van der Waals surface area contributed by atoms with Crippen molar-refractivity contribution in [2.45, 2.75) is 19.1 Å². The van der Waals surface area contributed by atoms with Crippen molar-refractivity contribution in [1.29, 1.82) is 0 Å². The number of nitrogens with one attached hydrogen (secondary N) is 1. The lowest BCUT2D eigenvalue weighted by Gasteiger charge is -2.36. The highest BCUT2D eigenvalue weighted by molar-refractivity contribution is 7.10. The first kappa shape index (κ1) is 12.0. The Hall–Kier alpha value is -0.420. The van der Waals surface area contributed by atoms with Gasteiger partial charge in [0, 0.05) is 18.0 Å². The Morgan fingerprint density at radius 1 is 1.69 bits per heavy atom. The fourth-order valence-corrected chi connectivity index (χ4v) is 3.09. The number of nitrogens with zero attached hydrogens (tertiary/aromatic N) is 1. The molecule has 0 amide bonds. The Morgan fingerprint density at radius 3 is 3.19 bits per heavy atom. The molecule has 1 aromatic heterocycles. The van der Waals surface area contributed by atoms with Crippen LogP contribution < -0.4 is 5.32 Å². The van der Waals surface area contributed by atoms with Crippen LogP contribution in [0.15, 0.2) is 17.5 Å². The quantitative estimate of drug-likeness (QED) is 0.867. The van der Waals surface area contributed by atoms with Crippen LogP contribution in [0, 0.1) is 0 Å². The van der Waals surface area contributed by atoms with Gasteiger partial charge in [0.2, 0.25) is 0 Å². The lowest BCUT2D eigenvalue weighted by Crippen LogP contribution is -2.47. The first-order valence-corrected chi connectivity index (χ1v) is 6.77. The molecule has 2 atom stereocenters. The Kier molecular flexibility index (Phi) is 4.35. The molecule has 2 unspecified atom stereocenters. The van der Waals surface area contributed by atoms with Gasteiger partial charge in [-0.15, -0.1) is 11.3 Å². The van der Waals surface area contributed by atoms with E-state index in [0.29, 0.717) is 6.04 Å². The van der Waals surface area contributed by atoms with Crippen LogP contribution in [0.3, 0.4) is 0 Å². The highest BCUT2D eigenvalue weighted by Gasteiger charge is 2.28. The van der Waals surface area contributed by atoms with E-state index in [1.807, 2.05) is 7.05 Å². The van der Waals surface area contributed by atoms with Crippen LogP contribution >= 0.6 is 11.3 Å². The smallest absolute Gasteiger partial charge is 0.0904 e. The molecule has 0 saturated carbocycles. The molecule has 90 valence electrons. The minimum atomic E-state index is 0.275. The molecule has 0 radical (unpaired) electrons. The molecule has 0 bridgehead atoms. The van der Waals surface area contributed by atoms with Gasteiger partial charge in [0.1, 0.15) is 0 Å². The van der Waals surface area contributed by atoms with Crippen molar-refractivity contribution in [3.05, 3.63) is 22.4 Å². The van der Waals surface area contributed by atoms with Gasteiger partial charge in [0.15, 0.2) is 0 Å². The topological polar surface area (TPSA) is 24.5 Å². The van der Waals surface area contributed by atoms with Crippen LogP contribution in [0.4, 0.5) is 0 Å². The third-order valence-electron chi connectivity index (χ3n) is 3.16. The molecular formula is C12H20N2OS. The molecule has 2 heterocycles. The number of hydrogen-bond acceptors (Lipinski definition) is 4. The average Bonchev–Trinajstić information content (AvgIpc) is 2.84. The predicted octanol–water partition coefficient (Wildman–Crippen LogP) is 1.73. The summed E-state index contributed by atoms with van der Waals surface area (Å²) < 4.78 is 5.89. The number of likely N-dealkylation sites (N-methyl/N-ethyl adjacent to an activating group) is 2. The van der Waals surface area contributed by atoms with Crippen LogP contribution in [0.1, 0.15) is 17.8 Å². The zero-order chi connectivity index (χ0) is 11.4. The third-order valence-corrected chi connectivity index (χ3v) is 4.11. The van der Waals surface area contributed by atoms with E-state index in [-0.39, 0.29) is 6.10 Å². The van der Waals surface area contributed by atoms with E-state index in [9.17, 15) is 0 Å². The molecule has 3 nitrogen and oxygen atoms in total. The second kappa shape index (κ2) is 5.77. The number of thiophene rings is 1. The van der Waals surface area contributed by atoms with E-state index in [1.165, 1.54) is 4.88 Å². The van der Waals surface area contributed by atoms with Crippen molar-refractivity contribution in [2.24, 2.45) is 0 Å². The van der Waals surface area contributed by atoms with E-state index in [2.05, 4.69) is 34.7 Å². The van der Waals surface area contributed by atoms with Crippen molar-refractivity contribution in [2.75, 3.05) is 33.3 Å². The van der Waals surface area contributed by atoms with E-state index in [1.54, 1.807) is 11.3 Å². The second-order valence-electron chi connectivity index (χ2n) is 4.08. The summed E-state index contributed by atoms with van der Waals surface area (Å²) in [7, 11) is 2.01. The van der Waals surface area contributed by atoms with Crippen molar-refractivity contribution in [1.82, 2.24) is 10.2 Å². The first-order valence-electron chi connectivity index (χ1n) is 5.89. The first-order chi connectivity index (χ1) is 7.85. The van der Waals surface area contributed by atoms with Crippen molar-refractivity contribution in [3.8, 4) is 0 Å². The van der Waals surface area contributed by atoms with Crippen LogP contribution in [-0.2, 0) is 4.74 Å². The van der Waals surface area contributed by atoms with E-state index >= 15 is 0 Å². The maximum atomic E-state index is 5.89. The van der Waals surface area contributed by atoms with Gasteiger partial charge >= 0.3 is 0 Å². The van der Waals surface area contributed by atoms with Crippen LogP contribution in [0.5, 0.6) is 0 Å². The lowest BCUT2D eigenvalue weighted by atomic mass is 10.1. The van der Waals surface area contributed by atoms with Gasteiger partial charge in [-0.1, -0.05) is 13.0 Å². The maximum absolute atomic E-state index is 5.89. The van der Waals surface area contributed by atoms with Crippen molar-refractivity contribution >= 4 is 11.3 Å². The molecule has 1 fully saturated rings. The van der Waals surface area contributed by atoms with Crippen molar-refractivity contribution < 1.29 is 4.74 Å². The van der Waals surface area contributed by atoms with Crippen LogP contribution in [0.25, 0.3) is 0 Å². The fourth-order valence-electron chi connectivity index (χ4n) is 2.20. The maximum Gasteiger partial charge on any atom is 0.0904 e. The molecule has 1 saturated heterocycles. The van der Waals surface area contributed by atoms with Gasteiger partial charge in [0.05, 0.1) is 18.8 Å². The van der Waals surface area contributed by atoms with Gasteiger partial charge in [-0.3, -0.25) is 4.90 Å². The molecule has 1 aliphatic heterocycles. The van der Waals surface area contributed by atoms with E-state index in [0.717, 1.165) is 26.2 Å². The summed E-state index contributed by atoms with van der Waals surface area (Å²) in [4.78, 5) is 3.82. The summed E-state index contributed by atoms with van der Waals surface area (Å²) in [5.41, 5.74) is 0. The Morgan fingerprint density at radius 2 is 2.56 bits per heavy atom. The minimum Gasteiger partial charge on any atom is -0.374 e. The zero-order valence-corrected chi connectivity index (χ0v) is 10.8. The SMILES string of the molecule is CCN1CCOC(C(NC)c2cccs2)C1. The predicted molar refractivity (Wildman–Crippen MR) is 68.0 cm³/mol. The lowest BCUT2D eigenvalue weighted by molar-refractivity contribution is -0.0438. The average molecular weight is 240 g/mol. The summed E-state index contributed by atoms with van der Waals surface area (Å²) in [6.07, 6.45) is 0.275. The standard InChI is InChI=1S/C12H20N2OS/c1-3-14-6-7-15-10(9-14)12(13-2)11-5-4-8-16-11/h4-5,8,10,12-13H,3,6-7,9H2,1-2H3. The summed E-state index contributed by atoms with van der Waals surface area (Å²) in [6, 6.07) is 4.61. The summed E-state index contributed by atoms with van der Waals surface area (Å²) in [5.74, 6) is 0. The van der Waals surface area contributed by atoms with Crippen LogP contribution in [0.2, 0.25) is 0 Å². The highest BCUT2D eigenvalue weighted by Crippen LogP contribution is 2.25. The molecule has 4 heteroatoms. The fraction of sp³-hybridized carbons (Fsp3) is 0.667. The molecule has 16 heavy (non-hydrogen) atoms. The molecule has 1 aromatic rings. The molecule has 0 aromatic carbocycles. The number of morpholine rings is 1. The van der Waals surface area contributed by atoms with Crippen molar-refractivity contribution in [3.63, 3.8) is 0 Å². The van der Waals surface area contributed by atoms with E-state index < -0.39 is 0 Å². The summed E-state index contributed by atoms with van der Waals surface area (Å²) >= 11 is 1.80. The molecule has 1 aliphatic rings. The van der Waals surface area contributed by atoms with Gasteiger partial charge in [0.25, 0.3) is 0 Å². The summed E-state index contributed by atoms with van der Waals surface area (Å²) in [5, 5.41) is 5.50. The molecular weight excluding hydrogens is 220 g/mol. The zero-order valence-electron chi connectivity index (χ0n) is 9.98. The normalized spacial score (nSPS) is 24.5. The third kappa shape index (κ3) is 2.63.